The van der Waals surface area contributed by atoms with Crippen molar-refractivity contribution in [3.63, 3.8) is 0 Å². The highest BCUT2D eigenvalue weighted by Crippen LogP contribution is 2.13. The van der Waals surface area contributed by atoms with Crippen molar-refractivity contribution >= 4 is 29.6 Å². The summed E-state index contributed by atoms with van der Waals surface area (Å²) in [6, 6.07) is 11.1. The van der Waals surface area contributed by atoms with E-state index in [0.717, 1.165) is 5.56 Å². The van der Waals surface area contributed by atoms with Crippen LogP contribution < -0.4 is 44.6 Å². The SMILES string of the molecule is NCCCC[C@H](NC(=O)[C@@H](Cc1ccc(O)cc1)NC(=O)[C@H](N)CCCN=C(N)N)C(=O)N[C@@H](Cc1ccccc1)C(N)=O. The second kappa shape index (κ2) is 18.8. The summed E-state index contributed by atoms with van der Waals surface area (Å²) in [6.45, 7) is 0.678. The summed E-state index contributed by atoms with van der Waals surface area (Å²) in [5.41, 5.74) is 29.4. The van der Waals surface area contributed by atoms with Gasteiger partial charge in [-0.3, -0.25) is 24.2 Å². The van der Waals surface area contributed by atoms with Crippen molar-refractivity contribution in [3.05, 3.63) is 65.7 Å². The molecular formula is C30H45N9O5. The fourth-order valence-corrected chi connectivity index (χ4v) is 4.39. The molecule has 2 aromatic rings. The summed E-state index contributed by atoms with van der Waals surface area (Å²) in [5.74, 6) is -2.56. The fraction of sp³-hybridized carbons (Fsp3) is 0.433. The maximum atomic E-state index is 13.6. The third-order valence-electron chi connectivity index (χ3n) is 6.84. The number of benzene rings is 2. The van der Waals surface area contributed by atoms with Crippen LogP contribution in [0.5, 0.6) is 5.75 Å². The lowest BCUT2D eigenvalue weighted by molar-refractivity contribution is -0.133. The normalized spacial score (nSPS) is 13.5. The number of nitrogens with zero attached hydrogens (tertiary/aromatic N) is 1. The first kappa shape index (κ1) is 35.5. The maximum absolute atomic E-state index is 13.6. The molecule has 0 saturated carbocycles. The van der Waals surface area contributed by atoms with Gasteiger partial charge in [-0.05, 0) is 61.9 Å². The van der Waals surface area contributed by atoms with Gasteiger partial charge in [0.2, 0.25) is 23.6 Å². The van der Waals surface area contributed by atoms with Gasteiger partial charge < -0.3 is 49.7 Å². The summed E-state index contributed by atoms with van der Waals surface area (Å²) < 4.78 is 0. The van der Waals surface area contributed by atoms with Gasteiger partial charge in [0.15, 0.2) is 5.96 Å². The quantitative estimate of drug-likeness (QED) is 0.0514. The predicted molar refractivity (Wildman–Crippen MR) is 168 cm³/mol. The third-order valence-corrected chi connectivity index (χ3v) is 6.84. The van der Waals surface area contributed by atoms with E-state index in [2.05, 4.69) is 20.9 Å². The number of aliphatic imine (C=N–C) groups is 1. The minimum Gasteiger partial charge on any atom is -0.508 e. The molecule has 4 amide bonds. The van der Waals surface area contributed by atoms with Crippen LogP contribution in [0, 0.1) is 0 Å². The number of guanidine groups is 1. The summed E-state index contributed by atoms with van der Waals surface area (Å²) in [6.07, 6.45) is 2.27. The molecule has 14 nitrogen and oxygen atoms in total. The van der Waals surface area contributed by atoms with Gasteiger partial charge in [0.05, 0.1) is 6.04 Å². The van der Waals surface area contributed by atoms with E-state index in [1.54, 1.807) is 12.1 Å². The van der Waals surface area contributed by atoms with Crippen molar-refractivity contribution in [2.45, 2.75) is 69.1 Å². The molecule has 0 unspecified atom stereocenters. The zero-order chi connectivity index (χ0) is 32.5. The Morgan fingerprint density at radius 2 is 1.27 bits per heavy atom. The minimum absolute atomic E-state index is 0.0396. The van der Waals surface area contributed by atoms with Crippen molar-refractivity contribution in [2.75, 3.05) is 13.1 Å². The van der Waals surface area contributed by atoms with Crippen LogP contribution in [0.4, 0.5) is 0 Å². The first-order valence-corrected chi connectivity index (χ1v) is 14.5. The first-order valence-electron chi connectivity index (χ1n) is 14.5. The molecule has 44 heavy (non-hydrogen) atoms. The summed E-state index contributed by atoms with van der Waals surface area (Å²) in [4.78, 5) is 56.0. The number of carbonyl (C=O) groups excluding carboxylic acids is 4. The van der Waals surface area contributed by atoms with Gasteiger partial charge in [0, 0.05) is 19.4 Å². The number of primary amides is 1. The Morgan fingerprint density at radius 1 is 0.705 bits per heavy atom. The molecule has 0 aliphatic rings. The molecule has 240 valence electrons. The van der Waals surface area contributed by atoms with Gasteiger partial charge >= 0.3 is 0 Å². The highest BCUT2D eigenvalue weighted by molar-refractivity contribution is 5.94. The topological polar surface area (TPSA) is 267 Å². The van der Waals surface area contributed by atoms with Crippen LogP contribution in [0.15, 0.2) is 59.6 Å². The summed E-state index contributed by atoms with van der Waals surface area (Å²) in [5, 5.41) is 17.7. The molecule has 2 rings (SSSR count). The Morgan fingerprint density at radius 3 is 1.89 bits per heavy atom. The average molecular weight is 612 g/mol. The second-order valence-corrected chi connectivity index (χ2v) is 10.5. The van der Waals surface area contributed by atoms with E-state index < -0.39 is 47.8 Å². The van der Waals surface area contributed by atoms with Gasteiger partial charge in [-0.1, -0.05) is 42.5 Å². The number of hydrogen-bond acceptors (Lipinski definition) is 8. The van der Waals surface area contributed by atoms with Gasteiger partial charge in [-0.2, -0.15) is 0 Å². The van der Waals surface area contributed by atoms with Crippen LogP contribution in [0.2, 0.25) is 0 Å². The zero-order valence-electron chi connectivity index (χ0n) is 24.8. The molecule has 2 aromatic carbocycles. The largest absolute Gasteiger partial charge is 0.508 e. The number of rotatable bonds is 19. The number of nitrogens with two attached hydrogens (primary N) is 5. The van der Waals surface area contributed by atoms with Crippen LogP contribution in [0.1, 0.15) is 43.2 Å². The van der Waals surface area contributed by atoms with Crippen LogP contribution in [-0.4, -0.2) is 72.0 Å². The van der Waals surface area contributed by atoms with E-state index in [1.165, 1.54) is 12.1 Å². The van der Waals surface area contributed by atoms with E-state index in [-0.39, 0.29) is 43.9 Å². The Bertz CT molecular complexity index is 1240. The number of hydrogen-bond donors (Lipinski definition) is 9. The average Bonchev–Trinajstić information content (AvgIpc) is 2.99. The number of phenolic OH excluding ortho intramolecular Hbond substituents is 1. The van der Waals surface area contributed by atoms with Crippen LogP contribution >= 0.6 is 0 Å². The lowest BCUT2D eigenvalue weighted by Crippen LogP contribution is -2.58. The lowest BCUT2D eigenvalue weighted by atomic mass is 10.0. The number of nitrogens with one attached hydrogen (secondary N) is 3. The molecule has 4 atom stereocenters. The summed E-state index contributed by atoms with van der Waals surface area (Å²) in [7, 11) is 0. The van der Waals surface area contributed by atoms with Crippen molar-refractivity contribution in [1.82, 2.24) is 16.0 Å². The molecule has 0 radical (unpaired) electrons. The molecule has 0 spiro atoms. The molecule has 0 heterocycles. The smallest absolute Gasteiger partial charge is 0.243 e. The standard InChI is InChI=1S/C30H45N9O5/c31-15-5-4-10-23(28(43)38-24(26(33)41)17-19-7-2-1-3-8-19)37-29(44)25(18-20-11-13-21(40)14-12-20)39-27(42)22(32)9-6-16-36-30(34)35/h1-3,7-8,11-14,22-25,40H,4-6,9-10,15-18,31-32H2,(H2,33,41)(H,37,44)(H,38,43)(H,39,42)(H4,34,35,36)/t22-,23+,24+,25-/m1/s1. The Labute approximate surface area is 257 Å². The highest BCUT2D eigenvalue weighted by Gasteiger charge is 2.30. The monoisotopic (exact) mass is 611 g/mol. The number of aromatic hydroxyl groups is 1. The molecule has 0 aliphatic carbocycles. The zero-order valence-corrected chi connectivity index (χ0v) is 24.8. The van der Waals surface area contributed by atoms with Gasteiger partial charge in [-0.15, -0.1) is 0 Å². The second-order valence-electron chi connectivity index (χ2n) is 10.5. The number of carbonyl (C=O) groups is 4. The maximum Gasteiger partial charge on any atom is 0.243 e. The molecule has 0 fully saturated rings. The lowest BCUT2D eigenvalue weighted by Gasteiger charge is -2.26. The minimum atomic E-state index is -1.11. The van der Waals surface area contributed by atoms with E-state index in [4.69, 9.17) is 28.7 Å². The third kappa shape index (κ3) is 13.1. The van der Waals surface area contributed by atoms with Crippen molar-refractivity contribution in [2.24, 2.45) is 33.7 Å². The number of phenols is 1. The molecule has 0 aromatic heterocycles. The van der Waals surface area contributed by atoms with Gasteiger partial charge in [-0.25, -0.2) is 0 Å². The predicted octanol–water partition coefficient (Wildman–Crippen LogP) is -1.37. The number of unbranched alkanes of at least 4 members (excludes halogenated alkanes) is 1. The molecule has 0 saturated heterocycles. The highest BCUT2D eigenvalue weighted by atomic mass is 16.3. The Balaban J connectivity index is 2.21. The van der Waals surface area contributed by atoms with Crippen molar-refractivity contribution in [3.8, 4) is 5.75 Å². The molecule has 0 aliphatic heterocycles. The van der Waals surface area contributed by atoms with Crippen molar-refractivity contribution in [1.29, 1.82) is 0 Å². The van der Waals surface area contributed by atoms with Crippen molar-refractivity contribution < 1.29 is 24.3 Å². The first-order chi connectivity index (χ1) is 21.0. The Kier molecular flexibility index (Phi) is 15.1. The van der Waals surface area contributed by atoms with E-state index in [0.29, 0.717) is 31.4 Å². The van der Waals surface area contributed by atoms with Crippen LogP contribution in [0.3, 0.4) is 0 Å². The molecule has 0 bridgehead atoms. The van der Waals surface area contributed by atoms with E-state index >= 15 is 0 Å². The molecule has 14 N–H and O–H groups in total. The van der Waals surface area contributed by atoms with E-state index in [1.807, 2.05) is 30.3 Å². The van der Waals surface area contributed by atoms with Crippen LogP contribution in [-0.2, 0) is 32.0 Å². The molecule has 14 heteroatoms. The van der Waals surface area contributed by atoms with Gasteiger partial charge in [0.1, 0.15) is 23.9 Å². The van der Waals surface area contributed by atoms with E-state index in [9.17, 15) is 24.3 Å². The molecular weight excluding hydrogens is 566 g/mol. The summed E-state index contributed by atoms with van der Waals surface area (Å²) >= 11 is 0. The Hall–Kier alpha value is -4.69. The number of amides is 4. The van der Waals surface area contributed by atoms with Crippen LogP contribution in [0.25, 0.3) is 0 Å². The fourth-order valence-electron chi connectivity index (χ4n) is 4.39. The van der Waals surface area contributed by atoms with Gasteiger partial charge in [0.25, 0.3) is 0 Å².